The Morgan fingerprint density at radius 1 is 1.14 bits per heavy atom. The van der Waals surface area contributed by atoms with Crippen molar-refractivity contribution in [3.63, 3.8) is 0 Å². The molecule has 0 amide bonds. The van der Waals surface area contributed by atoms with E-state index in [-0.39, 0.29) is 6.07 Å². The molecular formula is C8H3F4NO. The molecule has 0 saturated carbocycles. The number of rotatable bonds is 1. The maximum Gasteiger partial charge on any atom is 0.171 e. The molecule has 0 radical (unpaired) electrons. The van der Waals surface area contributed by atoms with Gasteiger partial charge in [0.1, 0.15) is 0 Å². The van der Waals surface area contributed by atoms with E-state index in [4.69, 9.17) is 10.4 Å². The number of hydrogen-bond donors (Lipinski definition) is 1. The number of aliphatic hydroxyl groups is 1. The van der Waals surface area contributed by atoms with Gasteiger partial charge in [-0.2, -0.15) is 5.26 Å². The quantitative estimate of drug-likeness (QED) is 0.431. The van der Waals surface area contributed by atoms with Crippen molar-refractivity contribution in [3.8, 4) is 6.07 Å². The molecule has 0 heterocycles. The first kappa shape index (κ1) is 10.5. The normalized spacial score (nSPS) is 12.3. The van der Waals surface area contributed by atoms with Crippen LogP contribution in [-0.2, 0) is 0 Å². The van der Waals surface area contributed by atoms with Crippen molar-refractivity contribution >= 4 is 0 Å². The molecule has 1 aromatic carbocycles. The molecule has 14 heavy (non-hydrogen) atoms. The molecule has 0 spiro atoms. The van der Waals surface area contributed by atoms with Crippen LogP contribution in [0.25, 0.3) is 0 Å². The summed E-state index contributed by atoms with van der Waals surface area (Å²) in [4.78, 5) is 0. The van der Waals surface area contributed by atoms with Crippen LogP contribution in [0.2, 0.25) is 0 Å². The maximum atomic E-state index is 12.8. The third kappa shape index (κ3) is 1.54. The summed E-state index contributed by atoms with van der Waals surface area (Å²) in [6, 6.07) is 1.06. The van der Waals surface area contributed by atoms with E-state index < -0.39 is 34.9 Å². The Bertz CT molecular complexity index is 387. The highest BCUT2D eigenvalue weighted by Crippen LogP contribution is 2.24. The Hall–Kier alpha value is -1.61. The van der Waals surface area contributed by atoms with Gasteiger partial charge in [-0.15, -0.1) is 0 Å². The van der Waals surface area contributed by atoms with Crippen LogP contribution in [0, 0.1) is 34.6 Å². The van der Waals surface area contributed by atoms with Crippen molar-refractivity contribution in [2.45, 2.75) is 6.10 Å². The van der Waals surface area contributed by atoms with Gasteiger partial charge in [-0.3, -0.25) is 0 Å². The van der Waals surface area contributed by atoms with Gasteiger partial charge in [-0.1, -0.05) is 0 Å². The highest BCUT2D eigenvalue weighted by Gasteiger charge is 2.24. The molecule has 1 atom stereocenters. The van der Waals surface area contributed by atoms with E-state index in [1.54, 1.807) is 0 Å². The fourth-order valence-corrected chi connectivity index (χ4v) is 0.896. The molecule has 6 heteroatoms. The molecule has 0 aliphatic rings. The van der Waals surface area contributed by atoms with Crippen molar-refractivity contribution in [1.82, 2.24) is 0 Å². The van der Waals surface area contributed by atoms with E-state index in [1.807, 2.05) is 0 Å². The molecule has 1 aromatic rings. The number of nitrogens with zero attached hydrogens (tertiary/aromatic N) is 1. The first-order valence-electron chi connectivity index (χ1n) is 3.39. The van der Waals surface area contributed by atoms with Gasteiger partial charge < -0.3 is 5.11 Å². The minimum atomic E-state index is -2.24. The van der Waals surface area contributed by atoms with Gasteiger partial charge in [0.25, 0.3) is 0 Å². The lowest BCUT2D eigenvalue weighted by Gasteiger charge is -2.06. The zero-order chi connectivity index (χ0) is 10.9. The minimum Gasteiger partial charge on any atom is -0.374 e. The molecule has 0 fully saturated rings. The smallest absolute Gasteiger partial charge is 0.171 e. The summed E-state index contributed by atoms with van der Waals surface area (Å²) in [5.41, 5.74) is -1.31. The van der Waals surface area contributed by atoms with Gasteiger partial charge >= 0.3 is 0 Å². The topological polar surface area (TPSA) is 44.0 Å². The Balaban J connectivity index is 3.49. The summed E-state index contributed by atoms with van der Waals surface area (Å²) in [6.45, 7) is 0. The molecular weight excluding hydrogens is 202 g/mol. The summed E-state index contributed by atoms with van der Waals surface area (Å²) < 4.78 is 50.6. The van der Waals surface area contributed by atoms with E-state index in [0.29, 0.717) is 0 Å². The van der Waals surface area contributed by atoms with Crippen molar-refractivity contribution in [2.24, 2.45) is 0 Å². The van der Waals surface area contributed by atoms with Crippen molar-refractivity contribution in [3.05, 3.63) is 34.9 Å². The Morgan fingerprint density at radius 2 is 1.57 bits per heavy atom. The predicted octanol–water partition coefficient (Wildman–Crippen LogP) is 1.80. The first-order valence-corrected chi connectivity index (χ1v) is 3.39. The van der Waals surface area contributed by atoms with Crippen LogP contribution in [-0.4, -0.2) is 5.11 Å². The second kappa shape index (κ2) is 3.64. The van der Waals surface area contributed by atoms with Crippen LogP contribution in [0.5, 0.6) is 0 Å². The van der Waals surface area contributed by atoms with Crippen molar-refractivity contribution in [2.75, 3.05) is 0 Å². The number of nitriles is 1. The van der Waals surface area contributed by atoms with Crippen LogP contribution >= 0.6 is 0 Å². The Labute approximate surface area is 76.0 Å². The Kier molecular flexibility index (Phi) is 2.72. The SMILES string of the molecule is N#CC(O)c1c(F)c(F)cc(F)c1F. The lowest BCUT2D eigenvalue weighted by atomic mass is 10.1. The lowest BCUT2D eigenvalue weighted by Crippen LogP contribution is -2.06. The molecule has 0 aromatic heterocycles. The molecule has 74 valence electrons. The monoisotopic (exact) mass is 205 g/mol. The molecule has 0 aliphatic heterocycles. The fraction of sp³-hybridized carbons (Fsp3) is 0.125. The third-order valence-corrected chi connectivity index (χ3v) is 1.54. The van der Waals surface area contributed by atoms with E-state index in [2.05, 4.69) is 0 Å². The molecule has 0 aliphatic carbocycles. The third-order valence-electron chi connectivity index (χ3n) is 1.54. The van der Waals surface area contributed by atoms with Gasteiger partial charge in [0, 0.05) is 6.07 Å². The maximum absolute atomic E-state index is 12.8. The molecule has 1 N–H and O–H groups in total. The summed E-state index contributed by atoms with van der Waals surface area (Å²) in [5, 5.41) is 16.9. The van der Waals surface area contributed by atoms with Crippen LogP contribution in [0.3, 0.4) is 0 Å². The standard InChI is InChI=1S/C8H3F4NO/c9-3-1-4(10)8(12)6(7(3)11)5(14)2-13/h1,5,14H. The van der Waals surface area contributed by atoms with Crippen molar-refractivity contribution < 1.29 is 22.7 Å². The van der Waals surface area contributed by atoms with Crippen LogP contribution in [0.15, 0.2) is 6.07 Å². The Morgan fingerprint density at radius 3 is 1.93 bits per heavy atom. The van der Waals surface area contributed by atoms with Gasteiger partial charge in [0.15, 0.2) is 29.4 Å². The second-order valence-electron chi connectivity index (χ2n) is 2.41. The summed E-state index contributed by atoms with van der Waals surface area (Å²) in [7, 11) is 0. The number of benzene rings is 1. The number of halogens is 4. The lowest BCUT2D eigenvalue weighted by molar-refractivity contribution is 0.219. The minimum absolute atomic E-state index is 0.00173. The van der Waals surface area contributed by atoms with Gasteiger partial charge in [0.2, 0.25) is 0 Å². The van der Waals surface area contributed by atoms with Crippen molar-refractivity contribution in [1.29, 1.82) is 5.26 Å². The number of aliphatic hydroxyl groups excluding tert-OH is 1. The molecule has 2 nitrogen and oxygen atoms in total. The van der Waals surface area contributed by atoms with Crippen LogP contribution in [0.1, 0.15) is 11.7 Å². The van der Waals surface area contributed by atoms with Gasteiger partial charge in [-0.05, 0) is 0 Å². The zero-order valence-electron chi connectivity index (χ0n) is 6.56. The number of hydrogen-bond acceptors (Lipinski definition) is 2. The van der Waals surface area contributed by atoms with Crippen LogP contribution in [0.4, 0.5) is 17.6 Å². The molecule has 0 saturated heterocycles. The van der Waals surface area contributed by atoms with E-state index in [1.165, 1.54) is 0 Å². The largest absolute Gasteiger partial charge is 0.374 e. The fourth-order valence-electron chi connectivity index (χ4n) is 0.896. The second-order valence-corrected chi connectivity index (χ2v) is 2.41. The first-order chi connectivity index (χ1) is 6.49. The zero-order valence-corrected chi connectivity index (χ0v) is 6.56. The molecule has 1 unspecified atom stereocenters. The predicted molar refractivity (Wildman–Crippen MR) is 36.8 cm³/mol. The van der Waals surface area contributed by atoms with E-state index in [9.17, 15) is 17.6 Å². The van der Waals surface area contributed by atoms with Gasteiger partial charge in [0.05, 0.1) is 11.6 Å². The molecule has 1 rings (SSSR count). The molecule has 0 bridgehead atoms. The average Bonchev–Trinajstić information content (AvgIpc) is 2.15. The van der Waals surface area contributed by atoms with Gasteiger partial charge in [-0.25, -0.2) is 17.6 Å². The average molecular weight is 205 g/mol. The highest BCUT2D eigenvalue weighted by molar-refractivity contribution is 5.27. The summed E-state index contributed by atoms with van der Waals surface area (Å²) >= 11 is 0. The van der Waals surface area contributed by atoms with Crippen LogP contribution < -0.4 is 0 Å². The highest BCUT2D eigenvalue weighted by atomic mass is 19.2. The summed E-state index contributed by atoms with van der Waals surface area (Å²) in [6.07, 6.45) is -2.24. The summed E-state index contributed by atoms with van der Waals surface area (Å²) in [5.74, 6) is -6.85. The van der Waals surface area contributed by atoms with E-state index in [0.717, 1.165) is 6.07 Å². The van der Waals surface area contributed by atoms with E-state index >= 15 is 0 Å².